The minimum absolute atomic E-state index is 0.0368. The molecule has 0 saturated carbocycles. The molecular formula is C17H18FN3OS. The van der Waals surface area contributed by atoms with E-state index in [9.17, 15) is 9.18 Å². The zero-order valence-corrected chi connectivity index (χ0v) is 13.6. The molecule has 4 nitrogen and oxygen atoms in total. The molecule has 23 heavy (non-hydrogen) atoms. The van der Waals surface area contributed by atoms with Gasteiger partial charge in [-0.05, 0) is 43.5 Å². The Morgan fingerprint density at radius 3 is 2.52 bits per heavy atom. The Balaban J connectivity index is 1.68. The van der Waals surface area contributed by atoms with Crippen molar-refractivity contribution in [2.24, 2.45) is 0 Å². The topological polar surface area (TPSA) is 46.1 Å². The second kappa shape index (κ2) is 7.55. The maximum Gasteiger partial charge on any atom is 0.173 e. The molecule has 2 aromatic rings. The predicted octanol–water partition coefficient (Wildman–Crippen LogP) is 3.58. The van der Waals surface area contributed by atoms with E-state index in [1.165, 1.54) is 42.4 Å². The highest BCUT2D eigenvalue weighted by Crippen LogP contribution is 2.28. The minimum Gasteiger partial charge on any atom is -0.354 e. The number of carbonyl (C=O) groups is 1. The average Bonchev–Trinajstić information content (AvgIpc) is 2.61. The second-order valence-electron chi connectivity index (χ2n) is 5.45. The molecule has 1 saturated heterocycles. The van der Waals surface area contributed by atoms with Gasteiger partial charge in [0.2, 0.25) is 0 Å². The molecule has 0 radical (unpaired) electrons. The zero-order valence-electron chi connectivity index (χ0n) is 12.7. The highest BCUT2D eigenvalue weighted by Gasteiger charge is 2.18. The van der Waals surface area contributed by atoms with Crippen molar-refractivity contribution in [3.8, 4) is 0 Å². The summed E-state index contributed by atoms with van der Waals surface area (Å²) in [4.78, 5) is 23.3. The number of benzene rings is 1. The van der Waals surface area contributed by atoms with Gasteiger partial charge < -0.3 is 4.90 Å². The molecular weight excluding hydrogens is 313 g/mol. The first-order valence-corrected chi connectivity index (χ1v) is 8.70. The standard InChI is InChI=1S/C17H18FN3OS/c18-14-6-4-13(5-7-14)15(22)12-23-17-16(19-8-9-20-17)21-10-2-1-3-11-21/h4-9H,1-3,10-12H2. The first-order valence-electron chi connectivity index (χ1n) is 7.71. The van der Waals surface area contributed by atoms with Gasteiger partial charge in [-0.2, -0.15) is 0 Å². The summed E-state index contributed by atoms with van der Waals surface area (Å²) < 4.78 is 12.9. The van der Waals surface area contributed by atoms with Crippen LogP contribution >= 0.6 is 11.8 Å². The number of hydrogen-bond donors (Lipinski definition) is 0. The van der Waals surface area contributed by atoms with Gasteiger partial charge in [-0.25, -0.2) is 14.4 Å². The molecule has 0 spiro atoms. The smallest absolute Gasteiger partial charge is 0.173 e. The number of Topliss-reactive ketones (excluding diaryl/α,β-unsaturated/α-hetero) is 1. The number of halogens is 1. The molecule has 2 heterocycles. The molecule has 0 unspecified atom stereocenters. The van der Waals surface area contributed by atoms with Crippen molar-refractivity contribution in [1.29, 1.82) is 0 Å². The number of hydrogen-bond acceptors (Lipinski definition) is 5. The third-order valence-electron chi connectivity index (χ3n) is 3.81. The van der Waals surface area contributed by atoms with Crippen LogP contribution in [0.1, 0.15) is 29.6 Å². The Morgan fingerprint density at radius 1 is 1.09 bits per heavy atom. The molecule has 3 rings (SSSR count). The van der Waals surface area contributed by atoms with Crippen LogP contribution in [-0.2, 0) is 0 Å². The van der Waals surface area contributed by atoms with E-state index in [1.807, 2.05) is 0 Å². The highest BCUT2D eigenvalue weighted by molar-refractivity contribution is 8.00. The summed E-state index contributed by atoms with van der Waals surface area (Å²) in [7, 11) is 0. The van der Waals surface area contributed by atoms with Crippen molar-refractivity contribution >= 4 is 23.4 Å². The maximum absolute atomic E-state index is 12.9. The molecule has 0 bridgehead atoms. The Labute approximate surface area is 139 Å². The van der Waals surface area contributed by atoms with Gasteiger partial charge in [0.25, 0.3) is 0 Å². The Morgan fingerprint density at radius 2 is 1.78 bits per heavy atom. The lowest BCUT2D eigenvalue weighted by Gasteiger charge is -2.28. The number of rotatable bonds is 5. The summed E-state index contributed by atoms with van der Waals surface area (Å²) in [6, 6.07) is 5.64. The Kier molecular flexibility index (Phi) is 5.23. The number of thioether (sulfide) groups is 1. The quantitative estimate of drug-likeness (QED) is 0.619. The fourth-order valence-corrected chi connectivity index (χ4v) is 3.48. The van der Waals surface area contributed by atoms with Crippen molar-refractivity contribution in [2.45, 2.75) is 24.3 Å². The van der Waals surface area contributed by atoms with Crippen LogP contribution in [0.15, 0.2) is 41.7 Å². The van der Waals surface area contributed by atoms with Gasteiger partial charge >= 0.3 is 0 Å². The summed E-state index contributed by atoms with van der Waals surface area (Å²) in [5.41, 5.74) is 0.516. The van der Waals surface area contributed by atoms with Crippen LogP contribution < -0.4 is 4.90 Å². The zero-order chi connectivity index (χ0) is 16.1. The predicted molar refractivity (Wildman–Crippen MR) is 89.6 cm³/mol. The van der Waals surface area contributed by atoms with Crippen LogP contribution in [0.3, 0.4) is 0 Å². The molecule has 1 aliphatic rings. The first kappa shape index (κ1) is 15.9. The van der Waals surface area contributed by atoms with Crippen molar-refractivity contribution < 1.29 is 9.18 Å². The van der Waals surface area contributed by atoms with E-state index < -0.39 is 0 Å². The highest BCUT2D eigenvalue weighted by atomic mass is 32.2. The summed E-state index contributed by atoms with van der Waals surface area (Å²) in [5, 5.41) is 0.782. The van der Waals surface area contributed by atoms with Gasteiger partial charge in [-0.15, -0.1) is 0 Å². The lowest BCUT2D eigenvalue weighted by Crippen LogP contribution is -2.30. The van der Waals surface area contributed by atoms with E-state index in [0.29, 0.717) is 5.56 Å². The third kappa shape index (κ3) is 4.07. The van der Waals surface area contributed by atoms with Crippen molar-refractivity contribution in [1.82, 2.24) is 9.97 Å². The molecule has 0 aliphatic carbocycles. The summed E-state index contributed by atoms with van der Waals surface area (Å²) in [6.07, 6.45) is 6.92. The second-order valence-corrected chi connectivity index (χ2v) is 6.42. The third-order valence-corrected chi connectivity index (χ3v) is 4.78. The number of piperidine rings is 1. The number of ketones is 1. The van der Waals surface area contributed by atoms with Crippen molar-refractivity contribution in [3.05, 3.63) is 48.0 Å². The maximum atomic E-state index is 12.9. The van der Waals surface area contributed by atoms with Crippen LogP contribution in [0.5, 0.6) is 0 Å². The molecule has 0 atom stereocenters. The van der Waals surface area contributed by atoms with Crippen LogP contribution in [0.2, 0.25) is 0 Å². The number of anilines is 1. The van der Waals surface area contributed by atoms with Crippen LogP contribution in [-0.4, -0.2) is 34.6 Å². The van der Waals surface area contributed by atoms with E-state index in [2.05, 4.69) is 14.9 Å². The number of nitrogens with zero attached hydrogens (tertiary/aromatic N) is 3. The average molecular weight is 331 g/mol. The largest absolute Gasteiger partial charge is 0.354 e. The molecule has 0 amide bonds. The summed E-state index contributed by atoms with van der Waals surface area (Å²) in [6.45, 7) is 1.97. The Bertz CT molecular complexity index is 672. The van der Waals surface area contributed by atoms with Gasteiger partial charge in [-0.3, -0.25) is 4.79 Å². The molecule has 0 N–H and O–H groups in total. The molecule has 1 aromatic carbocycles. The van der Waals surface area contributed by atoms with E-state index in [-0.39, 0.29) is 17.4 Å². The summed E-state index contributed by atoms with van der Waals surface area (Å²) in [5.74, 6) is 0.760. The molecule has 6 heteroatoms. The van der Waals surface area contributed by atoms with E-state index >= 15 is 0 Å². The lowest BCUT2D eigenvalue weighted by atomic mass is 10.1. The Hall–Kier alpha value is -1.95. The summed E-state index contributed by atoms with van der Waals surface area (Å²) >= 11 is 1.39. The normalized spacial score (nSPS) is 14.7. The minimum atomic E-state index is -0.337. The van der Waals surface area contributed by atoms with Crippen molar-refractivity contribution in [3.63, 3.8) is 0 Å². The fraction of sp³-hybridized carbons (Fsp3) is 0.353. The van der Waals surface area contributed by atoms with Gasteiger partial charge in [0, 0.05) is 31.0 Å². The van der Waals surface area contributed by atoms with Gasteiger partial charge in [0.05, 0.1) is 5.75 Å². The van der Waals surface area contributed by atoms with E-state index in [4.69, 9.17) is 0 Å². The lowest BCUT2D eigenvalue weighted by molar-refractivity contribution is 0.102. The van der Waals surface area contributed by atoms with Gasteiger partial charge in [0.15, 0.2) is 11.6 Å². The molecule has 120 valence electrons. The van der Waals surface area contributed by atoms with Crippen molar-refractivity contribution in [2.75, 3.05) is 23.7 Å². The monoisotopic (exact) mass is 331 g/mol. The molecule has 1 fully saturated rings. The van der Waals surface area contributed by atoms with E-state index in [1.54, 1.807) is 12.4 Å². The van der Waals surface area contributed by atoms with Gasteiger partial charge in [0.1, 0.15) is 10.8 Å². The van der Waals surface area contributed by atoms with Gasteiger partial charge in [-0.1, -0.05) is 11.8 Å². The van der Waals surface area contributed by atoms with Crippen LogP contribution in [0.4, 0.5) is 10.2 Å². The number of carbonyl (C=O) groups excluding carboxylic acids is 1. The fourth-order valence-electron chi connectivity index (χ4n) is 2.60. The first-order chi connectivity index (χ1) is 11.2. The SMILES string of the molecule is O=C(CSc1nccnc1N1CCCCC1)c1ccc(F)cc1. The number of aromatic nitrogens is 2. The molecule has 1 aromatic heterocycles. The van der Waals surface area contributed by atoms with Crippen LogP contribution in [0.25, 0.3) is 0 Å². The van der Waals surface area contributed by atoms with E-state index in [0.717, 1.165) is 36.8 Å². The molecule has 1 aliphatic heterocycles. The van der Waals surface area contributed by atoms with Crippen LogP contribution in [0, 0.1) is 5.82 Å².